The van der Waals surface area contributed by atoms with Crippen molar-refractivity contribution in [1.29, 1.82) is 0 Å². The second kappa shape index (κ2) is 9.02. The molecule has 4 heteroatoms. The molecule has 0 heterocycles. The van der Waals surface area contributed by atoms with E-state index in [1.807, 2.05) is 12.1 Å². The van der Waals surface area contributed by atoms with E-state index in [4.69, 9.17) is 0 Å². The van der Waals surface area contributed by atoms with Gasteiger partial charge in [-0.2, -0.15) is 8.78 Å². The summed E-state index contributed by atoms with van der Waals surface area (Å²) in [6.45, 7) is 2.24. The minimum absolute atomic E-state index is 0.0603. The van der Waals surface area contributed by atoms with Crippen molar-refractivity contribution in [2.24, 2.45) is 5.92 Å². The first-order valence-corrected chi connectivity index (χ1v) is 11.4. The zero-order valence-corrected chi connectivity index (χ0v) is 18.0. The molecule has 0 spiro atoms. The number of allylic oxidation sites excluding steroid dienone is 1. The lowest BCUT2D eigenvalue weighted by atomic mass is 9.77. The van der Waals surface area contributed by atoms with Crippen LogP contribution in [0.2, 0.25) is 0 Å². The Morgan fingerprint density at radius 3 is 2.32 bits per heavy atom. The van der Waals surface area contributed by atoms with Crippen LogP contribution in [0, 0.1) is 11.7 Å². The molecule has 2 aromatic carbocycles. The molecule has 1 fully saturated rings. The van der Waals surface area contributed by atoms with Gasteiger partial charge in [0, 0.05) is 0 Å². The van der Waals surface area contributed by atoms with E-state index >= 15 is 0 Å². The lowest BCUT2D eigenvalue weighted by Gasteiger charge is -2.29. The van der Waals surface area contributed by atoms with Gasteiger partial charge < -0.3 is 0 Å². The SMILES string of the molecule is CCCCCC1CCC(c2ccc(-c3cc(F)c4c(c3)C=CC(=O)C4(F)F)cc2)CC1. The van der Waals surface area contributed by atoms with E-state index < -0.39 is 23.1 Å². The summed E-state index contributed by atoms with van der Waals surface area (Å²) in [5.74, 6) is -4.81. The third kappa shape index (κ3) is 4.49. The smallest absolute Gasteiger partial charge is 0.288 e. The first-order valence-electron chi connectivity index (χ1n) is 11.4. The minimum Gasteiger partial charge on any atom is -0.288 e. The number of rotatable bonds is 6. The van der Waals surface area contributed by atoms with Crippen molar-refractivity contribution in [3.05, 3.63) is 65.0 Å². The summed E-state index contributed by atoms with van der Waals surface area (Å²) in [4.78, 5) is 11.5. The molecule has 1 saturated carbocycles. The monoisotopic (exact) mass is 426 g/mol. The highest BCUT2D eigenvalue weighted by Gasteiger charge is 2.45. The summed E-state index contributed by atoms with van der Waals surface area (Å²) in [5, 5.41) is 0. The molecule has 4 rings (SSSR count). The van der Waals surface area contributed by atoms with Gasteiger partial charge in [-0.15, -0.1) is 0 Å². The predicted octanol–water partition coefficient (Wildman–Crippen LogP) is 8.03. The lowest BCUT2D eigenvalue weighted by Crippen LogP contribution is -2.29. The predicted molar refractivity (Wildman–Crippen MR) is 119 cm³/mol. The first-order chi connectivity index (χ1) is 14.9. The van der Waals surface area contributed by atoms with E-state index in [1.165, 1.54) is 69.1 Å². The van der Waals surface area contributed by atoms with Gasteiger partial charge in [-0.3, -0.25) is 4.79 Å². The average Bonchev–Trinajstić information content (AvgIpc) is 2.77. The van der Waals surface area contributed by atoms with Crippen molar-refractivity contribution in [3.8, 4) is 11.1 Å². The fraction of sp³-hybridized carbons (Fsp3) is 0.444. The number of alkyl halides is 2. The molecule has 0 aliphatic heterocycles. The molecule has 0 amide bonds. The third-order valence-electron chi connectivity index (χ3n) is 6.94. The van der Waals surface area contributed by atoms with Crippen molar-refractivity contribution < 1.29 is 18.0 Å². The van der Waals surface area contributed by atoms with Crippen LogP contribution in [0.3, 0.4) is 0 Å². The number of benzene rings is 2. The van der Waals surface area contributed by atoms with E-state index in [0.29, 0.717) is 11.5 Å². The number of unbranched alkanes of at least 4 members (excludes halogenated alkanes) is 2. The van der Waals surface area contributed by atoms with Crippen LogP contribution in [0.15, 0.2) is 42.5 Å². The molecule has 31 heavy (non-hydrogen) atoms. The fourth-order valence-corrected chi connectivity index (χ4v) is 5.07. The van der Waals surface area contributed by atoms with Gasteiger partial charge in [0.15, 0.2) is 0 Å². The van der Waals surface area contributed by atoms with E-state index in [0.717, 1.165) is 23.6 Å². The number of ketones is 1. The van der Waals surface area contributed by atoms with Crippen molar-refractivity contribution in [3.63, 3.8) is 0 Å². The summed E-state index contributed by atoms with van der Waals surface area (Å²) in [5.41, 5.74) is 1.86. The highest BCUT2D eigenvalue weighted by molar-refractivity contribution is 6.03. The molecule has 0 unspecified atom stereocenters. The molecule has 2 aliphatic carbocycles. The number of hydrogen-bond donors (Lipinski definition) is 0. The topological polar surface area (TPSA) is 17.1 Å². The van der Waals surface area contributed by atoms with Crippen molar-refractivity contribution in [2.45, 2.75) is 70.1 Å². The number of halogens is 3. The van der Waals surface area contributed by atoms with Crippen molar-refractivity contribution >= 4 is 11.9 Å². The molecule has 0 radical (unpaired) electrons. The Balaban J connectivity index is 1.47. The summed E-state index contributed by atoms with van der Waals surface area (Å²) in [7, 11) is 0. The fourth-order valence-electron chi connectivity index (χ4n) is 5.07. The zero-order valence-electron chi connectivity index (χ0n) is 18.0. The van der Waals surface area contributed by atoms with E-state index in [2.05, 4.69) is 19.1 Å². The van der Waals surface area contributed by atoms with Gasteiger partial charge in [0.2, 0.25) is 5.78 Å². The molecule has 2 aromatic rings. The summed E-state index contributed by atoms with van der Waals surface area (Å²) in [6, 6.07) is 10.7. The number of carbonyl (C=O) groups excluding carboxylic acids is 1. The molecule has 0 N–H and O–H groups in total. The lowest BCUT2D eigenvalue weighted by molar-refractivity contribution is -0.139. The van der Waals surface area contributed by atoms with Crippen molar-refractivity contribution in [1.82, 2.24) is 0 Å². The highest BCUT2D eigenvalue weighted by Crippen LogP contribution is 2.41. The van der Waals surface area contributed by atoms with Crippen LogP contribution >= 0.6 is 0 Å². The van der Waals surface area contributed by atoms with Crippen LogP contribution in [0.1, 0.15) is 80.9 Å². The van der Waals surface area contributed by atoms with Gasteiger partial charge in [-0.25, -0.2) is 4.39 Å². The third-order valence-corrected chi connectivity index (χ3v) is 6.94. The molecule has 0 bridgehead atoms. The van der Waals surface area contributed by atoms with Gasteiger partial charge in [0.1, 0.15) is 5.82 Å². The van der Waals surface area contributed by atoms with Crippen LogP contribution in [-0.4, -0.2) is 5.78 Å². The molecular weight excluding hydrogens is 397 g/mol. The number of hydrogen-bond acceptors (Lipinski definition) is 1. The maximum Gasteiger partial charge on any atom is 0.337 e. The largest absolute Gasteiger partial charge is 0.337 e. The molecule has 1 nitrogen and oxygen atoms in total. The van der Waals surface area contributed by atoms with E-state index in [9.17, 15) is 18.0 Å². The Bertz CT molecular complexity index is 967. The normalized spacial score (nSPS) is 22.4. The Hall–Kier alpha value is -2.36. The molecule has 164 valence electrons. The second-order valence-corrected chi connectivity index (χ2v) is 9.03. The maximum atomic E-state index is 14.5. The van der Waals surface area contributed by atoms with Crippen LogP contribution < -0.4 is 0 Å². The molecular formula is C27H29F3O. The Labute approximate surface area is 182 Å². The van der Waals surface area contributed by atoms with Crippen LogP contribution in [0.25, 0.3) is 17.2 Å². The van der Waals surface area contributed by atoms with Crippen molar-refractivity contribution in [2.75, 3.05) is 0 Å². The van der Waals surface area contributed by atoms with Gasteiger partial charge >= 0.3 is 5.92 Å². The van der Waals surface area contributed by atoms with E-state index in [1.54, 1.807) is 0 Å². The number of fused-ring (bicyclic) bond motifs is 1. The molecule has 0 saturated heterocycles. The molecule has 0 atom stereocenters. The van der Waals surface area contributed by atoms with E-state index in [-0.39, 0.29) is 5.56 Å². The highest BCUT2D eigenvalue weighted by atomic mass is 19.3. The van der Waals surface area contributed by atoms with Gasteiger partial charge in [-0.05, 0) is 78.0 Å². The van der Waals surface area contributed by atoms with Crippen LogP contribution in [0.5, 0.6) is 0 Å². The minimum atomic E-state index is -3.81. The Kier molecular flexibility index (Phi) is 6.36. The van der Waals surface area contributed by atoms with Gasteiger partial charge in [0.05, 0.1) is 5.56 Å². The zero-order chi connectivity index (χ0) is 22.0. The summed E-state index contributed by atoms with van der Waals surface area (Å²) >= 11 is 0. The summed E-state index contributed by atoms with van der Waals surface area (Å²) < 4.78 is 42.8. The maximum absolute atomic E-state index is 14.5. The molecule has 2 aliphatic rings. The number of carbonyl (C=O) groups is 1. The molecule has 0 aromatic heterocycles. The Morgan fingerprint density at radius 1 is 0.935 bits per heavy atom. The van der Waals surface area contributed by atoms with Crippen LogP contribution in [-0.2, 0) is 10.7 Å². The standard InChI is InChI=1S/C27H29F3O/c1-2-3-4-5-18-6-8-19(9-7-18)20-10-12-21(13-11-20)23-16-22-14-15-25(31)27(29,30)26(22)24(28)17-23/h10-19H,2-9H2,1H3. The van der Waals surface area contributed by atoms with Gasteiger partial charge in [0.25, 0.3) is 0 Å². The second-order valence-electron chi connectivity index (χ2n) is 9.03. The quantitative estimate of drug-likeness (QED) is 0.427. The Morgan fingerprint density at radius 2 is 1.65 bits per heavy atom. The summed E-state index contributed by atoms with van der Waals surface area (Å²) in [6.07, 6.45) is 12.4. The van der Waals surface area contributed by atoms with Gasteiger partial charge in [-0.1, -0.05) is 62.9 Å². The van der Waals surface area contributed by atoms with Crippen LogP contribution in [0.4, 0.5) is 13.2 Å². The average molecular weight is 427 g/mol. The first kappa shape index (κ1) is 21.9.